The molecule has 0 fully saturated rings. The zero-order chi connectivity index (χ0) is 22.6. The lowest BCUT2D eigenvalue weighted by Gasteiger charge is -2.22. The molecule has 0 saturated carbocycles. The van der Waals surface area contributed by atoms with Crippen LogP contribution in [0.4, 0.5) is 29.5 Å². The molecule has 0 atom stereocenters. The summed E-state index contributed by atoms with van der Waals surface area (Å²) in [7, 11) is 0. The minimum absolute atomic E-state index is 0.283. The van der Waals surface area contributed by atoms with Gasteiger partial charge in [-0.15, -0.1) is 0 Å². The topological polar surface area (TPSA) is 75.1 Å². The molecule has 0 radical (unpaired) electrons. The SMILES string of the molecule is O=C(NCCCn1ccnc1)N1CCCNc2ccc(-c3cccc(C(F)(F)F)c3)nc21. The Bertz CT molecular complexity index is 1070. The van der Waals surface area contributed by atoms with Crippen LogP contribution in [0.15, 0.2) is 55.1 Å². The van der Waals surface area contributed by atoms with Crippen molar-refractivity contribution in [2.75, 3.05) is 29.9 Å². The van der Waals surface area contributed by atoms with Crippen LogP contribution in [0.5, 0.6) is 0 Å². The number of anilines is 2. The van der Waals surface area contributed by atoms with E-state index < -0.39 is 11.7 Å². The van der Waals surface area contributed by atoms with Gasteiger partial charge in [0.25, 0.3) is 0 Å². The maximum Gasteiger partial charge on any atom is 0.416 e. The smallest absolute Gasteiger partial charge is 0.382 e. The number of urea groups is 1. The van der Waals surface area contributed by atoms with Crippen molar-refractivity contribution in [2.45, 2.75) is 25.6 Å². The van der Waals surface area contributed by atoms with Crippen LogP contribution in [0.25, 0.3) is 11.3 Å². The molecule has 0 unspecified atom stereocenters. The Hall–Kier alpha value is -3.56. The molecular weight excluding hydrogens is 421 g/mol. The summed E-state index contributed by atoms with van der Waals surface area (Å²) in [6, 6.07) is 8.16. The molecule has 1 aliphatic heterocycles. The van der Waals surface area contributed by atoms with E-state index in [4.69, 9.17) is 0 Å². The number of aryl methyl sites for hydroxylation is 1. The van der Waals surface area contributed by atoms with E-state index in [1.54, 1.807) is 35.6 Å². The molecular formula is C22H23F3N6O. The molecule has 1 aliphatic rings. The standard InChI is InChI=1S/C22H23F3N6O/c23-22(24,25)17-5-1-4-16(14-17)18-6-7-19-20(29-18)31(12-3-8-27-19)21(32)28-9-2-11-30-13-10-26-15-30/h1,4-7,10,13-15,27H,2-3,8-9,11-12H2,(H,28,32). The Labute approximate surface area is 183 Å². The fraction of sp³-hybridized carbons (Fsp3) is 0.318. The van der Waals surface area contributed by atoms with Crippen molar-refractivity contribution < 1.29 is 18.0 Å². The van der Waals surface area contributed by atoms with Gasteiger partial charge in [0.2, 0.25) is 0 Å². The molecule has 1 aromatic carbocycles. The summed E-state index contributed by atoms with van der Waals surface area (Å²) in [5, 5.41) is 6.14. The number of nitrogens with one attached hydrogen (secondary N) is 2. The maximum absolute atomic E-state index is 13.1. The molecule has 0 bridgehead atoms. The minimum Gasteiger partial charge on any atom is -0.382 e. The molecule has 2 N–H and O–H groups in total. The van der Waals surface area contributed by atoms with Gasteiger partial charge in [-0.2, -0.15) is 13.2 Å². The van der Waals surface area contributed by atoms with E-state index in [1.807, 2.05) is 10.8 Å². The number of alkyl halides is 3. The van der Waals surface area contributed by atoms with Crippen molar-refractivity contribution in [3.05, 3.63) is 60.7 Å². The van der Waals surface area contributed by atoms with Crippen LogP contribution >= 0.6 is 0 Å². The molecule has 32 heavy (non-hydrogen) atoms. The van der Waals surface area contributed by atoms with Crippen LogP contribution in [-0.4, -0.2) is 40.2 Å². The zero-order valence-electron chi connectivity index (χ0n) is 17.3. The Balaban J connectivity index is 1.52. The predicted octanol–water partition coefficient (Wildman–Crippen LogP) is 4.39. The van der Waals surface area contributed by atoms with Crippen LogP contribution in [0.3, 0.4) is 0 Å². The van der Waals surface area contributed by atoms with Gasteiger partial charge in [-0.1, -0.05) is 12.1 Å². The van der Waals surface area contributed by atoms with Crippen LogP contribution in [0.1, 0.15) is 18.4 Å². The number of hydrogen-bond acceptors (Lipinski definition) is 4. The van der Waals surface area contributed by atoms with Crippen molar-refractivity contribution >= 4 is 17.5 Å². The van der Waals surface area contributed by atoms with E-state index in [0.717, 1.165) is 31.5 Å². The largest absolute Gasteiger partial charge is 0.416 e. The lowest BCUT2D eigenvalue weighted by Crippen LogP contribution is -2.41. The first kappa shape index (κ1) is 21.7. The first-order chi connectivity index (χ1) is 15.4. The van der Waals surface area contributed by atoms with E-state index in [9.17, 15) is 18.0 Å². The molecule has 168 valence electrons. The van der Waals surface area contributed by atoms with Crippen molar-refractivity contribution in [3.63, 3.8) is 0 Å². The predicted molar refractivity (Wildman–Crippen MR) is 115 cm³/mol. The monoisotopic (exact) mass is 444 g/mol. The average Bonchev–Trinajstić information content (AvgIpc) is 3.21. The second-order valence-electron chi connectivity index (χ2n) is 7.46. The van der Waals surface area contributed by atoms with Gasteiger partial charge >= 0.3 is 12.2 Å². The summed E-state index contributed by atoms with van der Waals surface area (Å²) < 4.78 is 41.3. The first-order valence-electron chi connectivity index (χ1n) is 10.4. The minimum atomic E-state index is -4.44. The van der Waals surface area contributed by atoms with Crippen molar-refractivity contribution in [1.82, 2.24) is 19.9 Å². The summed E-state index contributed by atoms with van der Waals surface area (Å²) in [6.45, 7) is 2.33. The maximum atomic E-state index is 13.1. The molecule has 0 spiro atoms. The zero-order valence-corrected chi connectivity index (χ0v) is 17.3. The molecule has 2 amide bonds. The van der Waals surface area contributed by atoms with Gasteiger partial charge in [-0.05, 0) is 37.1 Å². The number of carbonyl (C=O) groups is 1. The molecule has 4 rings (SSSR count). The third-order valence-electron chi connectivity index (χ3n) is 5.16. The third kappa shape index (κ3) is 5.01. The van der Waals surface area contributed by atoms with E-state index in [0.29, 0.717) is 42.4 Å². The van der Waals surface area contributed by atoms with Gasteiger partial charge < -0.3 is 15.2 Å². The Morgan fingerprint density at radius 3 is 2.88 bits per heavy atom. The number of imidazole rings is 1. The summed E-state index contributed by atoms with van der Waals surface area (Å²) in [4.78, 5) is 23.0. The van der Waals surface area contributed by atoms with Crippen molar-refractivity contribution in [1.29, 1.82) is 0 Å². The number of rotatable bonds is 5. The van der Waals surface area contributed by atoms with Crippen molar-refractivity contribution in [2.24, 2.45) is 0 Å². The van der Waals surface area contributed by atoms with E-state index >= 15 is 0 Å². The number of fused-ring (bicyclic) bond motifs is 1. The van der Waals surface area contributed by atoms with Gasteiger partial charge in [0.05, 0.1) is 23.3 Å². The molecule has 0 saturated heterocycles. The van der Waals surface area contributed by atoms with Gasteiger partial charge in [-0.3, -0.25) is 4.90 Å². The van der Waals surface area contributed by atoms with Gasteiger partial charge in [-0.25, -0.2) is 14.8 Å². The van der Waals surface area contributed by atoms with Gasteiger partial charge in [0, 0.05) is 44.1 Å². The summed E-state index contributed by atoms with van der Waals surface area (Å²) >= 11 is 0. The highest BCUT2D eigenvalue weighted by molar-refractivity contribution is 5.95. The number of benzene rings is 1. The van der Waals surface area contributed by atoms with E-state index in [2.05, 4.69) is 20.6 Å². The summed E-state index contributed by atoms with van der Waals surface area (Å²) in [5.74, 6) is 0.407. The van der Waals surface area contributed by atoms with Gasteiger partial charge in [0.15, 0.2) is 5.82 Å². The lowest BCUT2D eigenvalue weighted by molar-refractivity contribution is -0.137. The third-order valence-corrected chi connectivity index (χ3v) is 5.16. The van der Waals surface area contributed by atoms with Gasteiger partial charge in [0.1, 0.15) is 0 Å². The number of halogens is 3. The molecule has 2 aromatic heterocycles. The van der Waals surface area contributed by atoms with E-state index in [-0.39, 0.29) is 6.03 Å². The number of amides is 2. The second kappa shape index (κ2) is 9.29. The quantitative estimate of drug-likeness (QED) is 0.573. The molecule has 3 heterocycles. The molecule has 10 heteroatoms. The Kier molecular flexibility index (Phi) is 6.29. The molecule has 7 nitrogen and oxygen atoms in total. The van der Waals surface area contributed by atoms with Crippen LogP contribution in [0, 0.1) is 0 Å². The number of hydrogen-bond donors (Lipinski definition) is 2. The lowest BCUT2D eigenvalue weighted by atomic mass is 10.1. The molecule has 3 aromatic rings. The number of nitrogens with zero attached hydrogens (tertiary/aromatic N) is 4. The number of carbonyl (C=O) groups excluding carboxylic acids is 1. The van der Waals surface area contributed by atoms with Crippen molar-refractivity contribution in [3.8, 4) is 11.3 Å². The highest BCUT2D eigenvalue weighted by Gasteiger charge is 2.30. The summed E-state index contributed by atoms with van der Waals surface area (Å²) in [5.41, 5.74) is 0.646. The second-order valence-corrected chi connectivity index (χ2v) is 7.46. The van der Waals surface area contributed by atoms with Crippen LogP contribution < -0.4 is 15.5 Å². The number of pyridine rings is 1. The average molecular weight is 444 g/mol. The first-order valence-corrected chi connectivity index (χ1v) is 10.4. The van der Waals surface area contributed by atoms with Crippen LogP contribution in [0.2, 0.25) is 0 Å². The van der Waals surface area contributed by atoms with E-state index in [1.165, 1.54) is 6.07 Å². The highest BCUT2D eigenvalue weighted by Crippen LogP contribution is 2.34. The summed E-state index contributed by atoms with van der Waals surface area (Å²) in [6.07, 6.45) is 2.30. The fourth-order valence-corrected chi connectivity index (χ4v) is 3.54. The van der Waals surface area contributed by atoms with Crippen LogP contribution in [-0.2, 0) is 12.7 Å². The number of aromatic nitrogens is 3. The fourth-order valence-electron chi connectivity index (χ4n) is 3.54. The molecule has 0 aliphatic carbocycles. The normalized spacial score (nSPS) is 13.8. The highest BCUT2D eigenvalue weighted by atomic mass is 19.4. The Morgan fingerprint density at radius 1 is 1.22 bits per heavy atom. The Morgan fingerprint density at radius 2 is 2.09 bits per heavy atom.